The molecule has 1 heterocycles. The molecular weight excluding hydrogens is 306 g/mol. The summed E-state index contributed by atoms with van der Waals surface area (Å²) in [6.07, 6.45) is -1.03. The highest BCUT2D eigenvalue weighted by Crippen LogP contribution is 2.18. The SMILES string of the molecule is Cc1cc(=O)oc2cc(N)ccc12.NC(=O)OC[C@H](N)C(=O)O. The predicted molar refractivity (Wildman–Crippen MR) is 82.8 cm³/mol. The van der Waals surface area contributed by atoms with Gasteiger partial charge in [0.15, 0.2) is 0 Å². The number of fused-ring (bicyclic) bond motifs is 1. The van der Waals surface area contributed by atoms with E-state index in [0.29, 0.717) is 11.3 Å². The summed E-state index contributed by atoms with van der Waals surface area (Å²) in [4.78, 5) is 30.8. The summed E-state index contributed by atoms with van der Waals surface area (Å²) in [6.45, 7) is 1.47. The maximum atomic E-state index is 11.0. The molecule has 0 bridgehead atoms. The van der Waals surface area contributed by atoms with E-state index in [9.17, 15) is 14.4 Å². The number of nitrogens with two attached hydrogens (primary N) is 3. The number of ether oxygens (including phenoxy) is 1. The second kappa shape index (κ2) is 7.80. The topological polar surface area (TPSA) is 172 Å². The van der Waals surface area contributed by atoms with Crippen LogP contribution >= 0.6 is 0 Å². The van der Waals surface area contributed by atoms with Gasteiger partial charge in [0.2, 0.25) is 0 Å². The number of hydrogen-bond acceptors (Lipinski definition) is 7. The first-order valence-electron chi connectivity index (χ1n) is 6.41. The van der Waals surface area contributed by atoms with Crippen LogP contribution in [-0.2, 0) is 9.53 Å². The minimum atomic E-state index is -1.23. The normalized spacial score (nSPS) is 11.2. The number of benzene rings is 1. The summed E-state index contributed by atoms with van der Waals surface area (Å²) in [7, 11) is 0. The van der Waals surface area contributed by atoms with Crippen LogP contribution in [0.15, 0.2) is 33.5 Å². The van der Waals surface area contributed by atoms with Crippen LogP contribution in [0, 0.1) is 6.92 Å². The minimum absolute atomic E-state index is 0.337. The van der Waals surface area contributed by atoms with Gasteiger partial charge in [-0.15, -0.1) is 0 Å². The van der Waals surface area contributed by atoms with E-state index in [0.717, 1.165) is 10.9 Å². The number of nitrogen functional groups attached to an aromatic ring is 1. The number of carboxylic acids is 1. The summed E-state index contributed by atoms with van der Waals surface area (Å²) in [5.74, 6) is -1.23. The Morgan fingerprint density at radius 3 is 2.57 bits per heavy atom. The van der Waals surface area contributed by atoms with Gasteiger partial charge in [-0.25, -0.2) is 9.59 Å². The molecule has 1 atom stereocenters. The monoisotopic (exact) mass is 323 g/mol. The molecule has 1 aromatic carbocycles. The maximum absolute atomic E-state index is 11.0. The maximum Gasteiger partial charge on any atom is 0.404 e. The molecule has 0 aliphatic heterocycles. The predicted octanol–water partition coefficient (Wildman–Crippen LogP) is 0.177. The fraction of sp³-hybridized carbons (Fsp3) is 0.214. The molecule has 0 spiro atoms. The third kappa shape index (κ3) is 5.67. The number of hydrogen-bond donors (Lipinski definition) is 4. The third-order valence-electron chi connectivity index (χ3n) is 2.70. The molecule has 2 aromatic rings. The number of carbonyl (C=O) groups excluding carboxylic acids is 1. The van der Waals surface area contributed by atoms with Gasteiger partial charge < -0.3 is 31.5 Å². The smallest absolute Gasteiger partial charge is 0.404 e. The van der Waals surface area contributed by atoms with Crippen LogP contribution in [0.2, 0.25) is 0 Å². The number of aryl methyl sites for hydroxylation is 1. The Morgan fingerprint density at radius 1 is 1.35 bits per heavy atom. The van der Waals surface area contributed by atoms with E-state index in [4.69, 9.17) is 21.0 Å². The molecule has 124 valence electrons. The van der Waals surface area contributed by atoms with E-state index in [1.54, 1.807) is 12.1 Å². The number of rotatable bonds is 3. The fourth-order valence-electron chi connectivity index (χ4n) is 1.58. The van der Waals surface area contributed by atoms with Gasteiger partial charge in [-0.3, -0.25) is 4.79 Å². The molecule has 9 nitrogen and oxygen atoms in total. The highest BCUT2D eigenvalue weighted by Gasteiger charge is 2.12. The number of aliphatic carboxylic acids is 1. The lowest BCUT2D eigenvalue weighted by Gasteiger charge is -2.04. The Balaban J connectivity index is 0.000000241. The first-order chi connectivity index (χ1) is 10.7. The zero-order valence-corrected chi connectivity index (χ0v) is 12.3. The van der Waals surface area contributed by atoms with Crippen molar-refractivity contribution in [2.75, 3.05) is 12.3 Å². The van der Waals surface area contributed by atoms with Crippen LogP contribution in [0.5, 0.6) is 0 Å². The zero-order valence-electron chi connectivity index (χ0n) is 12.3. The highest BCUT2D eigenvalue weighted by molar-refractivity contribution is 5.82. The third-order valence-corrected chi connectivity index (χ3v) is 2.70. The Morgan fingerprint density at radius 2 is 2.00 bits per heavy atom. The Bertz CT molecular complexity index is 771. The van der Waals surface area contributed by atoms with Gasteiger partial charge >= 0.3 is 17.7 Å². The van der Waals surface area contributed by atoms with Gasteiger partial charge in [-0.05, 0) is 24.6 Å². The second-order valence-electron chi connectivity index (χ2n) is 4.58. The zero-order chi connectivity index (χ0) is 17.6. The second-order valence-corrected chi connectivity index (χ2v) is 4.58. The van der Waals surface area contributed by atoms with Crippen LogP contribution in [0.25, 0.3) is 11.0 Å². The lowest BCUT2D eigenvalue weighted by Crippen LogP contribution is -2.36. The van der Waals surface area contributed by atoms with Crippen molar-refractivity contribution in [3.63, 3.8) is 0 Å². The molecule has 0 fully saturated rings. The largest absolute Gasteiger partial charge is 0.480 e. The molecule has 1 aromatic heterocycles. The molecule has 2 rings (SSSR count). The summed E-state index contributed by atoms with van der Waals surface area (Å²) >= 11 is 0. The van der Waals surface area contributed by atoms with Crippen molar-refractivity contribution in [1.29, 1.82) is 0 Å². The van der Waals surface area contributed by atoms with Crippen molar-refractivity contribution >= 4 is 28.7 Å². The van der Waals surface area contributed by atoms with Gasteiger partial charge in [0.25, 0.3) is 0 Å². The number of anilines is 1. The average Bonchev–Trinajstić information content (AvgIpc) is 2.44. The van der Waals surface area contributed by atoms with Crippen LogP contribution in [-0.4, -0.2) is 29.8 Å². The molecule has 0 radical (unpaired) electrons. The average molecular weight is 323 g/mol. The van der Waals surface area contributed by atoms with E-state index in [1.165, 1.54) is 6.07 Å². The number of carboxylic acid groups (broad SMARTS) is 1. The van der Waals surface area contributed by atoms with E-state index >= 15 is 0 Å². The van der Waals surface area contributed by atoms with Crippen molar-refractivity contribution < 1.29 is 23.8 Å². The molecule has 0 saturated carbocycles. The quantitative estimate of drug-likeness (QED) is 0.457. The first kappa shape index (κ1) is 18.0. The standard InChI is InChI=1S/C10H9NO2.C4H8N2O4/c1-6-4-10(12)13-9-5-7(11)2-3-8(6)9;5-2(3(7)8)1-10-4(6)9/h2-5H,11H2,1H3;2H,1,5H2,(H2,6,9)(H,7,8)/t;2-/m.0/s1. The summed E-state index contributed by atoms with van der Waals surface area (Å²) in [6, 6.07) is 5.56. The summed E-state index contributed by atoms with van der Waals surface area (Å²) < 4.78 is 9.09. The molecule has 23 heavy (non-hydrogen) atoms. The van der Waals surface area contributed by atoms with E-state index in [-0.39, 0.29) is 5.63 Å². The molecular formula is C14H17N3O6. The van der Waals surface area contributed by atoms with Gasteiger partial charge in [-0.2, -0.15) is 0 Å². The number of carbonyl (C=O) groups is 2. The van der Waals surface area contributed by atoms with Crippen molar-refractivity contribution in [3.05, 3.63) is 40.2 Å². The molecule has 1 amide bonds. The van der Waals surface area contributed by atoms with E-state index < -0.39 is 24.7 Å². The molecule has 0 aliphatic carbocycles. The molecule has 0 unspecified atom stereocenters. The van der Waals surface area contributed by atoms with E-state index in [1.807, 2.05) is 13.0 Å². The van der Waals surface area contributed by atoms with Crippen molar-refractivity contribution in [1.82, 2.24) is 0 Å². The van der Waals surface area contributed by atoms with Crippen molar-refractivity contribution in [2.24, 2.45) is 11.5 Å². The van der Waals surface area contributed by atoms with Crippen LogP contribution < -0.4 is 22.8 Å². The Labute approximate surface area is 130 Å². The lowest BCUT2D eigenvalue weighted by molar-refractivity contribution is -0.139. The number of amides is 1. The minimum Gasteiger partial charge on any atom is -0.480 e. The summed E-state index contributed by atoms with van der Waals surface area (Å²) in [5.41, 5.74) is 16.7. The molecule has 0 aliphatic rings. The summed E-state index contributed by atoms with van der Waals surface area (Å²) in [5, 5.41) is 9.06. The van der Waals surface area contributed by atoms with Gasteiger partial charge in [-0.1, -0.05) is 0 Å². The number of primary amides is 1. The van der Waals surface area contributed by atoms with E-state index in [2.05, 4.69) is 10.5 Å². The van der Waals surface area contributed by atoms with Gasteiger partial charge in [0.1, 0.15) is 18.2 Å². The van der Waals surface area contributed by atoms with Crippen LogP contribution in [0.1, 0.15) is 5.56 Å². The molecule has 7 N–H and O–H groups in total. The first-order valence-corrected chi connectivity index (χ1v) is 6.41. The van der Waals surface area contributed by atoms with Gasteiger partial charge in [0, 0.05) is 23.2 Å². The molecule has 0 saturated heterocycles. The Hall–Kier alpha value is -3.07. The van der Waals surface area contributed by atoms with Gasteiger partial charge in [0.05, 0.1) is 0 Å². The van der Waals surface area contributed by atoms with Crippen molar-refractivity contribution in [3.8, 4) is 0 Å². The fourth-order valence-corrected chi connectivity index (χ4v) is 1.58. The lowest BCUT2D eigenvalue weighted by atomic mass is 10.1. The van der Waals surface area contributed by atoms with Crippen LogP contribution in [0.3, 0.4) is 0 Å². The molecule has 9 heteroatoms. The van der Waals surface area contributed by atoms with Crippen LogP contribution in [0.4, 0.5) is 10.5 Å². The van der Waals surface area contributed by atoms with Crippen molar-refractivity contribution in [2.45, 2.75) is 13.0 Å². The Kier molecular flexibility index (Phi) is 6.10. The highest BCUT2D eigenvalue weighted by atomic mass is 16.5.